The van der Waals surface area contributed by atoms with Crippen LogP contribution in [0.1, 0.15) is 85.3 Å². The number of carboxylic acids is 1. The zero-order chi connectivity index (χ0) is 28.4. The molecule has 1 N–H and O–H groups in total. The summed E-state index contributed by atoms with van der Waals surface area (Å²) in [5.74, 6) is -3.24. The van der Waals surface area contributed by atoms with Crippen LogP contribution in [0.25, 0.3) is 0 Å². The van der Waals surface area contributed by atoms with E-state index in [9.17, 15) is 32.7 Å². The number of ketones is 1. The number of carbonyl (C=O) groups is 3. The second kappa shape index (κ2) is 11.6. The van der Waals surface area contributed by atoms with Gasteiger partial charge in [-0.2, -0.15) is 18.3 Å². The van der Waals surface area contributed by atoms with Gasteiger partial charge in [0.25, 0.3) is 5.91 Å². The van der Waals surface area contributed by atoms with Crippen molar-refractivity contribution < 1.29 is 32.7 Å². The van der Waals surface area contributed by atoms with E-state index in [4.69, 9.17) is 23.2 Å². The summed E-state index contributed by atoms with van der Waals surface area (Å²) in [5, 5.41) is 13.1. The van der Waals surface area contributed by atoms with E-state index in [0.717, 1.165) is 15.8 Å². The minimum atomic E-state index is -4.91. The molecule has 8 nitrogen and oxygen atoms in total. The first-order valence-electron chi connectivity index (χ1n) is 12.1. The molecule has 1 amide bonds. The van der Waals surface area contributed by atoms with Crippen LogP contribution >= 0.6 is 23.2 Å². The Hall–Kier alpha value is -2.66. The number of amides is 1. The predicted octanol–water partition coefficient (Wildman–Crippen LogP) is 6.18. The maximum Gasteiger partial charge on any atom is 0.433 e. The first-order chi connectivity index (χ1) is 17.6. The lowest BCUT2D eigenvalue weighted by atomic mass is 9.86. The summed E-state index contributed by atoms with van der Waals surface area (Å²) in [6.07, 6.45) is -0.433. The van der Waals surface area contributed by atoms with Gasteiger partial charge in [0.05, 0.1) is 45.9 Å². The Morgan fingerprint density at radius 2 is 1.63 bits per heavy atom. The number of aliphatic carboxylic acids is 1. The molecule has 0 saturated heterocycles. The predicted molar refractivity (Wildman–Crippen MR) is 134 cm³/mol. The van der Waals surface area contributed by atoms with Gasteiger partial charge >= 0.3 is 12.1 Å². The molecule has 2 heterocycles. The van der Waals surface area contributed by atoms with Crippen LogP contribution in [0.15, 0.2) is 18.6 Å². The molecule has 3 rings (SSSR count). The van der Waals surface area contributed by atoms with Crippen LogP contribution in [-0.2, 0) is 11.0 Å². The molecule has 1 aliphatic rings. The molecule has 2 aromatic heterocycles. The quantitative estimate of drug-likeness (QED) is 0.376. The van der Waals surface area contributed by atoms with Crippen LogP contribution in [-0.4, -0.2) is 55.5 Å². The number of hydrogen-bond donors (Lipinski definition) is 1. The standard InChI is InChI=1S/C25H29Cl2F3N4O4/c1-24(2,3)8-9-33(13-19(35)20-17(26)11-31-12-18(20)27)22(36)16-10-32-34(21(16)25(28,29)30)15-6-4-14(5-7-15)23(37)38/h10-12,14-15H,4-9,13H2,1-3H3,(H,37,38)/t14-,15-. The second-order valence-corrected chi connectivity index (χ2v) is 11.4. The molecule has 0 unspecified atom stereocenters. The van der Waals surface area contributed by atoms with Gasteiger partial charge in [-0.05, 0) is 37.5 Å². The molecular weight excluding hydrogens is 548 g/mol. The number of alkyl halides is 3. The average Bonchev–Trinajstić information content (AvgIpc) is 3.26. The number of hydrogen-bond acceptors (Lipinski definition) is 5. The van der Waals surface area contributed by atoms with Crippen molar-refractivity contribution in [1.29, 1.82) is 0 Å². The highest BCUT2D eigenvalue weighted by Crippen LogP contribution is 2.39. The van der Waals surface area contributed by atoms with Gasteiger partial charge in [0.1, 0.15) is 0 Å². The van der Waals surface area contributed by atoms with Crippen molar-refractivity contribution in [3.05, 3.63) is 45.5 Å². The lowest BCUT2D eigenvalue weighted by Gasteiger charge is -2.29. The van der Waals surface area contributed by atoms with Gasteiger partial charge in [0, 0.05) is 18.9 Å². The highest BCUT2D eigenvalue weighted by Gasteiger charge is 2.43. The molecule has 1 saturated carbocycles. The maximum absolute atomic E-state index is 14.3. The average molecular weight is 577 g/mol. The van der Waals surface area contributed by atoms with E-state index in [2.05, 4.69) is 10.1 Å². The fraction of sp³-hybridized carbons (Fsp3) is 0.560. The molecule has 1 aliphatic carbocycles. The fourth-order valence-electron chi connectivity index (χ4n) is 4.47. The van der Waals surface area contributed by atoms with Crippen LogP contribution in [0.4, 0.5) is 13.2 Å². The van der Waals surface area contributed by atoms with Gasteiger partial charge < -0.3 is 10.0 Å². The number of aromatic nitrogens is 3. The largest absolute Gasteiger partial charge is 0.481 e. The van der Waals surface area contributed by atoms with E-state index in [1.54, 1.807) is 0 Å². The summed E-state index contributed by atoms with van der Waals surface area (Å²) in [7, 11) is 0. The van der Waals surface area contributed by atoms with Crippen molar-refractivity contribution in [2.45, 2.75) is 65.1 Å². The molecule has 2 aromatic rings. The number of pyridine rings is 1. The Labute approximate surface area is 228 Å². The first kappa shape index (κ1) is 29.9. The SMILES string of the molecule is CC(C)(C)CCN(CC(=O)c1c(Cl)cncc1Cl)C(=O)c1cnn([C@H]2CC[C@H](C(=O)O)CC2)c1C(F)(F)F. The van der Waals surface area contributed by atoms with Gasteiger partial charge in [-0.3, -0.25) is 24.0 Å². The Balaban J connectivity index is 1.96. The van der Waals surface area contributed by atoms with Gasteiger partial charge in [0.15, 0.2) is 11.5 Å². The maximum atomic E-state index is 14.3. The summed E-state index contributed by atoms with van der Waals surface area (Å²) < 4.78 is 43.7. The first-order valence-corrected chi connectivity index (χ1v) is 12.8. The number of rotatable bonds is 8. The number of halogens is 5. The minimum Gasteiger partial charge on any atom is -0.481 e. The normalized spacial score (nSPS) is 18.3. The zero-order valence-corrected chi connectivity index (χ0v) is 22.7. The van der Waals surface area contributed by atoms with E-state index in [1.807, 2.05) is 20.8 Å². The summed E-state index contributed by atoms with van der Waals surface area (Å²) in [5.41, 5.74) is -2.24. The van der Waals surface area contributed by atoms with Crippen molar-refractivity contribution in [1.82, 2.24) is 19.7 Å². The highest BCUT2D eigenvalue weighted by atomic mass is 35.5. The summed E-state index contributed by atoms with van der Waals surface area (Å²) in [6.45, 7) is 5.16. The molecule has 0 radical (unpaired) electrons. The van der Waals surface area contributed by atoms with Crippen molar-refractivity contribution in [3.8, 4) is 0 Å². The second-order valence-electron chi connectivity index (χ2n) is 10.6. The van der Waals surface area contributed by atoms with Crippen molar-refractivity contribution in [3.63, 3.8) is 0 Å². The molecule has 0 bridgehead atoms. The Morgan fingerprint density at radius 3 is 2.13 bits per heavy atom. The third-order valence-electron chi connectivity index (χ3n) is 6.57. The van der Waals surface area contributed by atoms with Crippen LogP contribution in [0.2, 0.25) is 10.0 Å². The molecule has 0 atom stereocenters. The lowest BCUT2D eigenvalue weighted by molar-refractivity contribution is -0.147. The Bertz CT molecular complexity index is 1180. The van der Waals surface area contributed by atoms with E-state index in [0.29, 0.717) is 6.42 Å². The monoisotopic (exact) mass is 576 g/mol. The van der Waals surface area contributed by atoms with Crippen LogP contribution in [0, 0.1) is 11.3 Å². The van der Waals surface area contributed by atoms with Crippen LogP contribution in [0.5, 0.6) is 0 Å². The topological polar surface area (TPSA) is 105 Å². The fourth-order valence-corrected chi connectivity index (χ4v) is 5.04. The van der Waals surface area contributed by atoms with Crippen LogP contribution in [0.3, 0.4) is 0 Å². The summed E-state index contributed by atoms with van der Waals surface area (Å²) >= 11 is 12.2. The molecule has 0 aromatic carbocycles. The van der Waals surface area contributed by atoms with E-state index < -0.39 is 53.6 Å². The van der Waals surface area contributed by atoms with Gasteiger partial charge in [-0.15, -0.1) is 0 Å². The Morgan fingerprint density at radius 1 is 1.05 bits per heavy atom. The molecule has 208 valence electrons. The molecular formula is C25H29Cl2F3N4O4. The zero-order valence-electron chi connectivity index (χ0n) is 21.2. The van der Waals surface area contributed by atoms with Crippen LogP contribution < -0.4 is 0 Å². The van der Waals surface area contributed by atoms with Crippen molar-refractivity contribution in [2.75, 3.05) is 13.1 Å². The summed E-state index contributed by atoms with van der Waals surface area (Å²) in [6, 6.07) is -0.706. The molecule has 38 heavy (non-hydrogen) atoms. The third-order valence-corrected chi connectivity index (χ3v) is 7.14. The highest BCUT2D eigenvalue weighted by molar-refractivity contribution is 6.39. The van der Waals surface area contributed by atoms with Crippen molar-refractivity contribution >= 4 is 40.9 Å². The smallest absolute Gasteiger partial charge is 0.433 e. The third kappa shape index (κ3) is 7.05. The number of Topliss-reactive ketones (excluding diaryl/α,β-unsaturated/α-hetero) is 1. The van der Waals surface area contributed by atoms with E-state index >= 15 is 0 Å². The minimum absolute atomic E-state index is 0.000588. The summed E-state index contributed by atoms with van der Waals surface area (Å²) in [4.78, 5) is 42.8. The van der Waals surface area contributed by atoms with Gasteiger partial charge in [-0.25, -0.2) is 0 Å². The van der Waals surface area contributed by atoms with Gasteiger partial charge in [-0.1, -0.05) is 44.0 Å². The molecule has 13 heteroatoms. The number of carbonyl (C=O) groups excluding carboxylic acids is 2. The lowest BCUT2D eigenvalue weighted by Crippen LogP contribution is -2.39. The van der Waals surface area contributed by atoms with Crippen molar-refractivity contribution in [2.24, 2.45) is 11.3 Å². The van der Waals surface area contributed by atoms with E-state index in [1.165, 1.54) is 12.4 Å². The van der Waals surface area contributed by atoms with Gasteiger partial charge in [0.2, 0.25) is 0 Å². The number of nitrogens with zero attached hydrogens (tertiary/aromatic N) is 4. The van der Waals surface area contributed by atoms with E-state index in [-0.39, 0.29) is 53.3 Å². The molecule has 1 fully saturated rings. The molecule has 0 spiro atoms. The molecule has 0 aliphatic heterocycles. The Kier molecular flexibility index (Phi) is 9.13. The number of carboxylic acid groups (broad SMARTS) is 1.